The standard InChI is InChI=1S/C13H16F3NO2/c1-2-8(3-4-18)7-17-13(19)12-10(15)5-9(14)6-11(12)16/h5-6,8,18H,2-4,7H2,1H3,(H,17,19). The van der Waals surface area contributed by atoms with E-state index in [1.807, 2.05) is 6.92 Å². The number of aliphatic hydroxyl groups excluding tert-OH is 1. The smallest absolute Gasteiger partial charge is 0.257 e. The van der Waals surface area contributed by atoms with Crippen LogP contribution in [0.25, 0.3) is 0 Å². The Balaban J connectivity index is 2.73. The summed E-state index contributed by atoms with van der Waals surface area (Å²) in [5, 5.41) is 11.2. The first kappa shape index (κ1) is 15.5. The maximum atomic E-state index is 13.3. The second-order valence-electron chi connectivity index (χ2n) is 4.24. The first-order valence-electron chi connectivity index (χ1n) is 6.03. The zero-order chi connectivity index (χ0) is 14.4. The fourth-order valence-corrected chi connectivity index (χ4v) is 1.72. The molecular weight excluding hydrogens is 259 g/mol. The van der Waals surface area contributed by atoms with Crippen molar-refractivity contribution in [3.8, 4) is 0 Å². The molecule has 0 saturated carbocycles. The second-order valence-corrected chi connectivity index (χ2v) is 4.24. The summed E-state index contributed by atoms with van der Waals surface area (Å²) in [5.74, 6) is -4.43. The van der Waals surface area contributed by atoms with Crippen LogP contribution in [-0.2, 0) is 0 Å². The van der Waals surface area contributed by atoms with E-state index in [0.717, 1.165) is 6.42 Å². The van der Waals surface area contributed by atoms with Gasteiger partial charge in [0.2, 0.25) is 0 Å². The van der Waals surface area contributed by atoms with E-state index < -0.39 is 28.9 Å². The minimum absolute atomic E-state index is 0.0202. The summed E-state index contributed by atoms with van der Waals surface area (Å²) in [4.78, 5) is 11.6. The molecule has 0 aliphatic carbocycles. The number of carbonyl (C=O) groups excluding carboxylic acids is 1. The molecule has 1 aromatic carbocycles. The summed E-state index contributed by atoms with van der Waals surface area (Å²) < 4.78 is 39.4. The summed E-state index contributed by atoms with van der Waals surface area (Å²) in [6.07, 6.45) is 1.21. The van der Waals surface area contributed by atoms with Gasteiger partial charge in [-0.2, -0.15) is 0 Å². The van der Waals surface area contributed by atoms with E-state index >= 15 is 0 Å². The molecule has 0 aliphatic rings. The molecule has 106 valence electrons. The molecule has 0 heterocycles. The van der Waals surface area contributed by atoms with Crippen molar-refractivity contribution in [1.82, 2.24) is 5.32 Å². The Labute approximate surface area is 109 Å². The fourth-order valence-electron chi connectivity index (χ4n) is 1.72. The lowest BCUT2D eigenvalue weighted by Crippen LogP contribution is -2.31. The lowest BCUT2D eigenvalue weighted by Gasteiger charge is -2.14. The number of nitrogens with one attached hydrogen (secondary N) is 1. The van der Waals surface area contributed by atoms with Crippen LogP contribution in [-0.4, -0.2) is 24.2 Å². The molecule has 0 fully saturated rings. The highest BCUT2D eigenvalue weighted by atomic mass is 19.1. The van der Waals surface area contributed by atoms with E-state index in [9.17, 15) is 18.0 Å². The Morgan fingerprint density at radius 3 is 2.37 bits per heavy atom. The van der Waals surface area contributed by atoms with E-state index in [2.05, 4.69) is 5.32 Å². The van der Waals surface area contributed by atoms with Crippen LogP contribution in [0.3, 0.4) is 0 Å². The zero-order valence-corrected chi connectivity index (χ0v) is 10.5. The van der Waals surface area contributed by atoms with E-state index in [1.54, 1.807) is 0 Å². The van der Waals surface area contributed by atoms with Crippen LogP contribution in [0.4, 0.5) is 13.2 Å². The number of hydrogen-bond donors (Lipinski definition) is 2. The van der Waals surface area contributed by atoms with Crippen LogP contribution >= 0.6 is 0 Å². The van der Waals surface area contributed by atoms with Crippen molar-refractivity contribution >= 4 is 5.91 Å². The lowest BCUT2D eigenvalue weighted by molar-refractivity contribution is 0.0935. The lowest BCUT2D eigenvalue weighted by atomic mass is 10.0. The molecule has 2 N–H and O–H groups in total. The topological polar surface area (TPSA) is 49.3 Å². The highest BCUT2D eigenvalue weighted by Crippen LogP contribution is 2.15. The molecular formula is C13H16F3NO2. The summed E-state index contributed by atoms with van der Waals surface area (Å²) in [5.41, 5.74) is -0.791. The van der Waals surface area contributed by atoms with Crippen molar-refractivity contribution in [2.75, 3.05) is 13.2 Å². The maximum Gasteiger partial charge on any atom is 0.257 e. The van der Waals surface area contributed by atoms with E-state index in [0.29, 0.717) is 18.6 Å². The number of rotatable bonds is 6. The molecule has 1 atom stereocenters. The SMILES string of the molecule is CCC(CCO)CNC(=O)c1c(F)cc(F)cc1F. The Bertz CT molecular complexity index is 429. The molecule has 1 amide bonds. The van der Waals surface area contributed by atoms with Crippen molar-refractivity contribution in [2.24, 2.45) is 5.92 Å². The fraction of sp³-hybridized carbons (Fsp3) is 0.462. The number of halogens is 3. The third kappa shape index (κ3) is 4.24. The van der Waals surface area contributed by atoms with Crippen molar-refractivity contribution in [3.05, 3.63) is 35.1 Å². The molecule has 1 rings (SSSR count). The van der Waals surface area contributed by atoms with Gasteiger partial charge >= 0.3 is 0 Å². The Hall–Kier alpha value is -1.56. The van der Waals surface area contributed by atoms with Gasteiger partial charge < -0.3 is 10.4 Å². The number of hydrogen-bond acceptors (Lipinski definition) is 2. The third-order valence-corrected chi connectivity index (χ3v) is 2.90. The van der Waals surface area contributed by atoms with Gasteiger partial charge in [0.05, 0.1) is 0 Å². The first-order chi connectivity index (χ1) is 8.99. The minimum atomic E-state index is -1.23. The van der Waals surface area contributed by atoms with Gasteiger partial charge in [-0.15, -0.1) is 0 Å². The molecule has 0 radical (unpaired) electrons. The number of aliphatic hydroxyl groups is 1. The molecule has 3 nitrogen and oxygen atoms in total. The average Bonchev–Trinajstić information content (AvgIpc) is 2.33. The van der Waals surface area contributed by atoms with Gasteiger partial charge in [0.1, 0.15) is 23.0 Å². The molecule has 19 heavy (non-hydrogen) atoms. The predicted octanol–water partition coefficient (Wildman–Crippen LogP) is 2.24. The third-order valence-electron chi connectivity index (χ3n) is 2.90. The normalized spacial score (nSPS) is 12.3. The predicted molar refractivity (Wildman–Crippen MR) is 64.1 cm³/mol. The quantitative estimate of drug-likeness (QED) is 0.836. The van der Waals surface area contributed by atoms with Crippen LogP contribution in [0, 0.1) is 23.4 Å². The minimum Gasteiger partial charge on any atom is -0.396 e. The van der Waals surface area contributed by atoms with Gasteiger partial charge in [0, 0.05) is 25.3 Å². The largest absolute Gasteiger partial charge is 0.396 e. The van der Waals surface area contributed by atoms with E-state index in [1.165, 1.54) is 0 Å². The highest BCUT2D eigenvalue weighted by molar-refractivity contribution is 5.94. The molecule has 0 aliphatic heterocycles. The van der Waals surface area contributed by atoms with Gasteiger partial charge in [0.25, 0.3) is 5.91 Å². The van der Waals surface area contributed by atoms with Gasteiger partial charge in [-0.1, -0.05) is 13.3 Å². The highest BCUT2D eigenvalue weighted by Gasteiger charge is 2.19. The molecule has 0 bridgehead atoms. The average molecular weight is 275 g/mol. The van der Waals surface area contributed by atoms with Gasteiger partial charge in [-0.05, 0) is 12.3 Å². The Morgan fingerprint density at radius 1 is 1.32 bits per heavy atom. The van der Waals surface area contributed by atoms with Crippen LogP contribution in [0.15, 0.2) is 12.1 Å². The zero-order valence-electron chi connectivity index (χ0n) is 10.5. The molecule has 0 spiro atoms. The van der Waals surface area contributed by atoms with Gasteiger partial charge in [0.15, 0.2) is 0 Å². The summed E-state index contributed by atoms with van der Waals surface area (Å²) in [6.45, 7) is 2.06. The second kappa shape index (κ2) is 7.13. The summed E-state index contributed by atoms with van der Waals surface area (Å²) in [6, 6.07) is 0.923. The number of benzene rings is 1. The molecule has 6 heteroatoms. The monoisotopic (exact) mass is 275 g/mol. The Kier molecular flexibility index (Phi) is 5.82. The van der Waals surface area contributed by atoms with Crippen LogP contribution in [0.2, 0.25) is 0 Å². The first-order valence-corrected chi connectivity index (χ1v) is 6.03. The van der Waals surface area contributed by atoms with Crippen molar-refractivity contribution < 1.29 is 23.1 Å². The molecule has 1 unspecified atom stereocenters. The molecule has 0 aromatic heterocycles. The van der Waals surface area contributed by atoms with Crippen molar-refractivity contribution in [1.29, 1.82) is 0 Å². The molecule has 0 saturated heterocycles. The number of carbonyl (C=O) groups is 1. The number of amides is 1. The van der Waals surface area contributed by atoms with Crippen LogP contribution < -0.4 is 5.32 Å². The van der Waals surface area contributed by atoms with Gasteiger partial charge in [-0.25, -0.2) is 13.2 Å². The summed E-state index contributed by atoms with van der Waals surface area (Å²) in [7, 11) is 0. The maximum absolute atomic E-state index is 13.3. The van der Waals surface area contributed by atoms with E-state index in [-0.39, 0.29) is 19.1 Å². The van der Waals surface area contributed by atoms with Crippen molar-refractivity contribution in [3.63, 3.8) is 0 Å². The molecule has 1 aromatic rings. The summed E-state index contributed by atoms with van der Waals surface area (Å²) >= 11 is 0. The van der Waals surface area contributed by atoms with E-state index in [4.69, 9.17) is 5.11 Å². The van der Waals surface area contributed by atoms with Crippen LogP contribution in [0.5, 0.6) is 0 Å². The van der Waals surface area contributed by atoms with Crippen molar-refractivity contribution in [2.45, 2.75) is 19.8 Å². The van der Waals surface area contributed by atoms with Crippen LogP contribution in [0.1, 0.15) is 30.1 Å². The van der Waals surface area contributed by atoms with Gasteiger partial charge in [-0.3, -0.25) is 4.79 Å². The Morgan fingerprint density at radius 2 is 1.89 bits per heavy atom.